The lowest BCUT2D eigenvalue weighted by molar-refractivity contribution is -0.274. The van der Waals surface area contributed by atoms with E-state index in [9.17, 15) is 22.8 Å². The molecule has 12 heteroatoms. The Hall–Kier alpha value is -4.48. The van der Waals surface area contributed by atoms with E-state index in [1.54, 1.807) is 24.3 Å². The Labute approximate surface area is 208 Å². The number of likely N-dealkylation sites (tertiary alicyclic amines) is 1. The predicted octanol–water partition coefficient (Wildman–Crippen LogP) is 4.14. The standard InChI is InChI=1S/C25H20F3N5O4/c26-25(27,28)36-19-8-6-17(7-9-19)22-29-23(37-31-22)20-10-11-21(34)33(30-20)15-16-4-3-5-18(14-16)24(35)32-12-1-2-13-32/h3-11,14H,1-2,12-13,15H2. The fourth-order valence-corrected chi connectivity index (χ4v) is 4.01. The molecule has 2 aromatic heterocycles. The summed E-state index contributed by atoms with van der Waals surface area (Å²) in [5, 5.41) is 8.17. The van der Waals surface area contributed by atoms with Gasteiger partial charge in [-0.2, -0.15) is 10.1 Å². The van der Waals surface area contributed by atoms with Crippen LogP contribution in [0.3, 0.4) is 0 Å². The minimum Gasteiger partial charge on any atom is -0.406 e. The van der Waals surface area contributed by atoms with E-state index in [1.165, 1.54) is 28.9 Å². The molecule has 0 N–H and O–H groups in total. The van der Waals surface area contributed by atoms with Crippen molar-refractivity contribution in [2.75, 3.05) is 13.1 Å². The second kappa shape index (κ2) is 9.88. The van der Waals surface area contributed by atoms with E-state index >= 15 is 0 Å². The first-order valence-electron chi connectivity index (χ1n) is 11.4. The number of amides is 1. The van der Waals surface area contributed by atoms with Crippen LogP contribution in [0.25, 0.3) is 23.0 Å². The topological polar surface area (TPSA) is 103 Å². The SMILES string of the molecule is O=C(c1cccc(Cn2nc(-c3nc(-c4ccc(OC(F)(F)F)cc4)no3)ccc2=O)c1)N1CCCC1. The van der Waals surface area contributed by atoms with Gasteiger partial charge < -0.3 is 14.2 Å². The van der Waals surface area contributed by atoms with Gasteiger partial charge in [0.1, 0.15) is 11.4 Å². The summed E-state index contributed by atoms with van der Waals surface area (Å²) < 4.78 is 47.4. The molecule has 0 radical (unpaired) electrons. The molecule has 1 amide bonds. The van der Waals surface area contributed by atoms with Gasteiger partial charge in [0, 0.05) is 30.3 Å². The lowest BCUT2D eigenvalue weighted by Crippen LogP contribution is -2.28. The van der Waals surface area contributed by atoms with Crippen molar-refractivity contribution in [3.8, 4) is 28.7 Å². The molecule has 5 rings (SSSR count). The largest absolute Gasteiger partial charge is 0.573 e. The molecule has 0 saturated carbocycles. The maximum Gasteiger partial charge on any atom is 0.573 e. The molecule has 0 bridgehead atoms. The van der Waals surface area contributed by atoms with Crippen LogP contribution in [-0.4, -0.2) is 50.2 Å². The summed E-state index contributed by atoms with van der Waals surface area (Å²) >= 11 is 0. The van der Waals surface area contributed by atoms with Gasteiger partial charge in [-0.1, -0.05) is 17.3 Å². The number of hydrogen-bond donors (Lipinski definition) is 0. The molecule has 1 aliphatic rings. The Morgan fingerprint density at radius 1 is 1.03 bits per heavy atom. The van der Waals surface area contributed by atoms with Gasteiger partial charge in [0.15, 0.2) is 0 Å². The Balaban J connectivity index is 1.34. The van der Waals surface area contributed by atoms with Gasteiger partial charge in [-0.3, -0.25) is 9.59 Å². The predicted molar refractivity (Wildman–Crippen MR) is 125 cm³/mol. The van der Waals surface area contributed by atoms with E-state index in [-0.39, 0.29) is 41.2 Å². The van der Waals surface area contributed by atoms with Crippen molar-refractivity contribution in [2.24, 2.45) is 0 Å². The minimum absolute atomic E-state index is 0.0253. The second-order valence-corrected chi connectivity index (χ2v) is 8.41. The summed E-state index contributed by atoms with van der Waals surface area (Å²) in [7, 11) is 0. The van der Waals surface area contributed by atoms with Gasteiger partial charge in [0.25, 0.3) is 17.4 Å². The number of aromatic nitrogens is 4. The summed E-state index contributed by atoms with van der Waals surface area (Å²) in [4.78, 5) is 31.2. The van der Waals surface area contributed by atoms with Crippen molar-refractivity contribution in [3.05, 3.63) is 82.1 Å². The van der Waals surface area contributed by atoms with Crippen molar-refractivity contribution in [1.29, 1.82) is 0 Å². The maximum atomic E-state index is 12.7. The average molecular weight is 511 g/mol. The Morgan fingerprint density at radius 3 is 2.51 bits per heavy atom. The first-order valence-corrected chi connectivity index (χ1v) is 11.4. The number of carbonyl (C=O) groups is 1. The third-order valence-electron chi connectivity index (χ3n) is 5.76. The molecule has 0 atom stereocenters. The highest BCUT2D eigenvalue weighted by Gasteiger charge is 2.31. The number of hydrogen-bond acceptors (Lipinski definition) is 7. The van der Waals surface area contributed by atoms with E-state index in [0.717, 1.165) is 43.6 Å². The number of carbonyl (C=O) groups excluding carboxylic acids is 1. The Bertz CT molecular complexity index is 1470. The van der Waals surface area contributed by atoms with Gasteiger partial charge in [-0.15, -0.1) is 13.2 Å². The number of ether oxygens (including phenoxy) is 1. The quantitative estimate of drug-likeness (QED) is 0.383. The van der Waals surface area contributed by atoms with Crippen LogP contribution in [0, 0.1) is 0 Å². The van der Waals surface area contributed by atoms with Gasteiger partial charge in [-0.25, -0.2) is 4.68 Å². The molecule has 2 aromatic carbocycles. The van der Waals surface area contributed by atoms with Gasteiger partial charge in [0.2, 0.25) is 5.82 Å². The van der Waals surface area contributed by atoms with Crippen LogP contribution in [0.1, 0.15) is 28.8 Å². The first-order chi connectivity index (χ1) is 17.7. The average Bonchev–Trinajstić information content (AvgIpc) is 3.58. The van der Waals surface area contributed by atoms with Crippen LogP contribution in [0.15, 0.2) is 70.0 Å². The van der Waals surface area contributed by atoms with Crippen molar-refractivity contribution >= 4 is 5.91 Å². The monoisotopic (exact) mass is 511 g/mol. The molecule has 1 aliphatic heterocycles. The lowest BCUT2D eigenvalue weighted by Gasteiger charge is -2.15. The Kier molecular flexibility index (Phi) is 6.47. The van der Waals surface area contributed by atoms with Crippen molar-refractivity contribution in [3.63, 3.8) is 0 Å². The van der Waals surface area contributed by atoms with Gasteiger partial charge in [-0.05, 0) is 60.9 Å². The van der Waals surface area contributed by atoms with E-state index in [0.29, 0.717) is 11.1 Å². The first kappa shape index (κ1) is 24.2. The third kappa shape index (κ3) is 5.68. The van der Waals surface area contributed by atoms with Crippen LogP contribution < -0.4 is 10.3 Å². The third-order valence-corrected chi connectivity index (χ3v) is 5.76. The smallest absolute Gasteiger partial charge is 0.406 e. The summed E-state index contributed by atoms with van der Waals surface area (Å²) in [5.74, 6) is -0.261. The highest BCUT2D eigenvalue weighted by atomic mass is 19.4. The van der Waals surface area contributed by atoms with Crippen molar-refractivity contribution in [2.45, 2.75) is 25.7 Å². The number of halogens is 3. The summed E-state index contributed by atoms with van der Waals surface area (Å²) in [6, 6.07) is 14.8. The number of rotatable bonds is 6. The molecule has 4 aromatic rings. The molecular weight excluding hydrogens is 491 g/mol. The molecule has 37 heavy (non-hydrogen) atoms. The van der Waals surface area contributed by atoms with Crippen molar-refractivity contribution in [1.82, 2.24) is 24.8 Å². The summed E-state index contributed by atoms with van der Waals surface area (Å²) in [5.41, 5.74) is 1.55. The van der Waals surface area contributed by atoms with E-state index < -0.39 is 6.36 Å². The number of alkyl halides is 3. The summed E-state index contributed by atoms with van der Waals surface area (Å²) in [6.45, 7) is 1.60. The highest BCUT2D eigenvalue weighted by molar-refractivity contribution is 5.94. The maximum absolute atomic E-state index is 12.7. The molecule has 1 fully saturated rings. The molecule has 0 spiro atoms. The van der Waals surface area contributed by atoms with Crippen LogP contribution in [0.4, 0.5) is 13.2 Å². The normalized spacial score (nSPS) is 13.6. The zero-order valence-electron chi connectivity index (χ0n) is 19.3. The number of benzene rings is 2. The van der Waals surface area contributed by atoms with E-state index in [1.807, 2.05) is 4.90 Å². The lowest BCUT2D eigenvalue weighted by atomic mass is 10.1. The fourth-order valence-electron chi connectivity index (χ4n) is 4.01. The molecular formula is C25H20F3N5O4. The minimum atomic E-state index is -4.79. The summed E-state index contributed by atoms with van der Waals surface area (Å²) in [6.07, 6.45) is -2.81. The second-order valence-electron chi connectivity index (χ2n) is 8.41. The highest BCUT2D eigenvalue weighted by Crippen LogP contribution is 2.26. The zero-order chi connectivity index (χ0) is 26.0. The van der Waals surface area contributed by atoms with Crippen LogP contribution in [0.2, 0.25) is 0 Å². The molecule has 3 heterocycles. The van der Waals surface area contributed by atoms with Crippen LogP contribution >= 0.6 is 0 Å². The zero-order valence-corrected chi connectivity index (χ0v) is 19.3. The Morgan fingerprint density at radius 2 is 1.78 bits per heavy atom. The van der Waals surface area contributed by atoms with Gasteiger partial charge >= 0.3 is 6.36 Å². The molecule has 0 unspecified atom stereocenters. The van der Waals surface area contributed by atoms with E-state index in [2.05, 4.69) is 20.0 Å². The fraction of sp³-hybridized carbons (Fsp3) is 0.240. The van der Waals surface area contributed by atoms with Crippen LogP contribution in [-0.2, 0) is 6.54 Å². The molecule has 0 aliphatic carbocycles. The van der Waals surface area contributed by atoms with Gasteiger partial charge in [0.05, 0.1) is 6.54 Å². The van der Waals surface area contributed by atoms with Crippen LogP contribution in [0.5, 0.6) is 5.75 Å². The molecule has 9 nitrogen and oxygen atoms in total. The van der Waals surface area contributed by atoms with E-state index in [4.69, 9.17) is 4.52 Å². The molecule has 190 valence electrons. The molecule has 1 saturated heterocycles. The van der Waals surface area contributed by atoms with Crippen molar-refractivity contribution < 1.29 is 27.2 Å². The number of nitrogens with zero attached hydrogens (tertiary/aromatic N) is 5.